The summed E-state index contributed by atoms with van der Waals surface area (Å²) in [6, 6.07) is 16.8. The van der Waals surface area contributed by atoms with Crippen LogP contribution in [0.2, 0.25) is 0 Å². The van der Waals surface area contributed by atoms with Gasteiger partial charge in [0.15, 0.2) is 0 Å². The Morgan fingerprint density at radius 3 is 2.50 bits per heavy atom. The molecule has 0 aliphatic rings. The summed E-state index contributed by atoms with van der Waals surface area (Å²) in [6.07, 6.45) is 2.32. The zero-order valence-corrected chi connectivity index (χ0v) is 10.5. The molecule has 1 N–H and O–H groups in total. The molecule has 3 aromatic rings. The molecule has 0 unspecified atom stereocenters. The van der Waals surface area contributed by atoms with E-state index in [1.807, 2.05) is 18.2 Å². The van der Waals surface area contributed by atoms with Gasteiger partial charge in [0.2, 0.25) is 0 Å². The fourth-order valence-electron chi connectivity index (χ4n) is 2.21. The van der Waals surface area contributed by atoms with Gasteiger partial charge in [-0.1, -0.05) is 49.7 Å². The van der Waals surface area contributed by atoms with Crippen LogP contribution in [-0.2, 0) is 6.42 Å². The number of aromatic nitrogens is 2. The van der Waals surface area contributed by atoms with Crippen molar-refractivity contribution in [1.29, 1.82) is 0 Å². The van der Waals surface area contributed by atoms with Crippen LogP contribution in [0, 0.1) is 0 Å². The number of fused-ring (bicyclic) bond motifs is 1. The van der Waals surface area contributed by atoms with E-state index in [1.54, 1.807) is 0 Å². The van der Waals surface area contributed by atoms with E-state index in [4.69, 9.17) is 0 Å². The summed E-state index contributed by atoms with van der Waals surface area (Å²) in [5.74, 6) is 0.944. The first-order valence-corrected chi connectivity index (χ1v) is 6.41. The van der Waals surface area contributed by atoms with Gasteiger partial charge in [0.1, 0.15) is 5.82 Å². The minimum atomic E-state index is 0.944. The molecule has 1 aromatic heterocycles. The Bertz CT molecular complexity index is 617. The second kappa shape index (κ2) is 4.65. The Hall–Kier alpha value is -2.09. The quantitative estimate of drug-likeness (QED) is 0.726. The summed E-state index contributed by atoms with van der Waals surface area (Å²) < 4.78 is 0. The fourth-order valence-corrected chi connectivity index (χ4v) is 2.21. The predicted molar refractivity (Wildman–Crippen MR) is 75.5 cm³/mol. The summed E-state index contributed by atoms with van der Waals surface area (Å²) in [6.45, 7) is 2.20. The maximum Gasteiger partial charge on any atom is 0.138 e. The molecule has 1 heterocycles. The first-order chi connectivity index (χ1) is 8.86. The van der Waals surface area contributed by atoms with Gasteiger partial charge in [-0.3, -0.25) is 0 Å². The van der Waals surface area contributed by atoms with E-state index in [9.17, 15) is 0 Å². The van der Waals surface area contributed by atoms with Crippen molar-refractivity contribution in [1.82, 2.24) is 9.97 Å². The van der Waals surface area contributed by atoms with Crippen molar-refractivity contribution in [2.45, 2.75) is 19.8 Å². The molecule has 2 nitrogen and oxygen atoms in total. The average molecular weight is 236 g/mol. The number of nitrogens with one attached hydrogen (secondary N) is 1. The summed E-state index contributed by atoms with van der Waals surface area (Å²) in [5.41, 5.74) is 4.64. The van der Waals surface area contributed by atoms with Crippen LogP contribution in [0.3, 0.4) is 0 Å². The minimum Gasteiger partial charge on any atom is -0.338 e. The number of para-hydroxylation sites is 2. The Morgan fingerprint density at radius 2 is 1.78 bits per heavy atom. The third kappa shape index (κ3) is 2.02. The molecule has 0 spiro atoms. The molecular formula is C16H16N2. The van der Waals surface area contributed by atoms with Crippen molar-refractivity contribution in [2.24, 2.45) is 0 Å². The molecule has 0 aliphatic carbocycles. The number of aromatic amines is 1. The Morgan fingerprint density at radius 1 is 1.00 bits per heavy atom. The molecule has 0 fully saturated rings. The topological polar surface area (TPSA) is 28.7 Å². The van der Waals surface area contributed by atoms with Gasteiger partial charge in [0.25, 0.3) is 0 Å². The first-order valence-electron chi connectivity index (χ1n) is 6.41. The molecule has 0 bridgehead atoms. The van der Waals surface area contributed by atoms with Crippen LogP contribution < -0.4 is 0 Å². The van der Waals surface area contributed by atoms with Crippen molar-refractivity contribution in [3.05, 3.63) is 54.1 Å². The van der Waals surface area contributed by atoms with Crippen LogP contribution in [0.25, 0.3) is 22.4 Å². The van der Waals surface area contributed by atoms with Gasteiger partial charge >= 0.3 is 0 Å². The lowest BCUT2D eigenvalue weighted by atomic mass is 10.1. The number of rotatable bonds is 3. The van der Waals surface area contributed by atoms with E-state index < -0.39 is 0 Å². The number of H-pyrrole nitrogens is 1. The maximum atomic E-state index is 4.60. The third-order valence-corrected chi connectivity index (χ3v) is 3.16. The first kappa shape index (κ1) is 11.0. The highest BCUT2D eigenvalue weighted by Gasteiger charge is 2.04. The molecule has 0 aliphatic heterocycles. The SMILES string of the molecule is CCCc1ccc(-c2nc3ccccc3[nH]2)cc1. The van der Waals surface area contributed by atoms with E-state index in [1.165, 1.54) is 12.0 Å². The van der Waals surface area contributed by atoms with Crippen LogP contribution in [0.1, 0.15) is 18.9 Å². The minimum absolute atomic E-state index is 0.944. The van der Waals surface area contributed by atoms with E-state index in [-0.39, 0.29) is 0 Å². The largest absolute Gasteiger partial charge is 0.338 e. The zero-order valence-electron chi connectivity index (χ0n) is 10.5. The Kier molecular flexibility index (Phi) is 2.85. The van der Waals surface area contributed by atoms with Crippen LogP contribution in [0.15, 0.2) is 48.5 Å². The summed E-state index contributed by atoms with van der Waals surface area (Å²) >= 11 is 0. The summed E-state index contributed by atoms with van der Waals surface area (Å²) in [5, 5.41) is 0. The highest BCUT2D eigenvalue weighted by Crippen LogP contribution is 2.20. The highest BCUT2D eigenvalue weighted by molar-refractivity contribution is 5.79. The van der Waals surface area contributed by atoms with Crippen molar-refractivity contribution in [2.75, 3.05) is 0 Å². The fraction of sp³-hybridized carbons (Fsp3) is 0.188. The lowest BCUT2D eigenvalue weighted by Crippen LogP contribution is -1.84. The van der Waals surface area contributed by atoms with Crippen LogP contribution in [0.5, 0.6) is 0 Å². The van der Waals surface area contributed by atoms with Crippen molar-refractivity contribution < 1.29 is 0 Å². The number of imidazole rings is 1. The molecule has 0 saturated carbocycles. The maximum absolute atomic E-state index is 4.60. The molecular weight excluding hydrogens is 220 g/mol. The monoisotopic (exact) mass is 236 g/mol. The van der Waals surface area contributed by atoms with E-state index in [0.29, 0.717) is 0 Å². The molecule has 3 rings (SSSR count). The van der Waals surface area contributed by atoms with Crippen LogP contribution >= 0.6 is 0 Å². The molecule has 2 aromatic carbocycles. The van der Waals surface area contributed by atoms with E-state index in [0.717, 1.165) is 28.8 Å². The normalized spacial score (nSPS) is 10.9. The van der Waals surface area contributed by atoms with Crippen LogP contribution in [0.4, 0.5) is 0 Å². The van der Waals surface area contributed by atoms with Gasteiger partial charge in [-0.2, -0.15) is 0 Å². The lowest BCUT2D eigenvalue weighted by Gasteiger charge is -2.00. The van der Waals surface area contributed by atoms with E-state index in [2.05, 4.69) is 47.2 Å². The van der Waals surface area contributed by atoms with E-state index >= 15 is 0 Å². The van der Waals surface area contributed by atoms with Gasteiger partial charge in [-0.25, -0.2) is 4.98 Å². The zero-order chi connectivity index (χ0) is 12.4. The molecule has 0 atom stereocenters. The lowest BCUT2D eigenvalue weighted by molar-refractivity contribution is 0.922. The highest BCUT2D eigenvalue weighted by atomic mass is 14.9. The number of benzene rings is 2. The van der Waals surface area contributed by atoms with Crippen molar-refractivity contribution in [3.8, 4) is 11.4 Å². The van der Waals surface area contributed by atoms with Crippen LogP contribution in [-0.4, -0.2) is 9.97 Å². The molecule has 18 heavy (non-hydrogen) atoms. The molecule has 0 radical (unpaired) electrons. The molecule has 2 heteroatoms. The Labute approximate surface area is 107 Å². The number of hydrogen-bond donors (Lipinski definition) is 1. The standard InChI is InChI=1S/C16H16N2/c1-2-5-12-8-10-13(11-9-12)16-17-14-6-3-4-7-15(14)18-16/h3-4,6-11H,2,5H2,1H3,(H,17,18). The average Bonchev–Trinajstić information content (AvgIpc) is 2.84. The van der Waals surface area contributed by atoms with Gasteiger partial charge in [0, 0.05) is 5.56 Å². The molecule has 0 saturated heterocycles. The number of hydrogen-bond acceptors (Lipinski definition) is 1. The smallest absolute Gasteiger partial charge is 0.138 e. The third-order valence-electron chi connectivity index (χ3n) is 3.16. The molecule has 0 amide bonds. The van der Waals surface area contributed by atoms with Gasteiger partial charge in [0.05, 0.1) is 11.0 Å². The van der Waals surface area contributed by atoms with Gasteiger partial charge < -0.3 is 4.98 Å². The van der Waals surface area contributed by atoms with Crippen molar-refractivity contribution in [3.63, 3.8) is 0 Å². The van der Waals surface area contributed by atoms with Crippen molar-refractivity contribution >= 4 is 11.0 Å². The summed E-state index contributed by atoms with van der Waals surface area (Å²) in [4.78, 5) is 7.96. The second-order valence-corrected chi connectivity index (χ2v) is 4.55. The number of aryl methyl sites for hydroxylation is 1. The predicted octanol–water partition coefficient (Wildman–Crippen LogP) is 4.18. The number of nitrogens with zero attached hydrogens (tertiary/aromatic N) is 1. The Balaban J connectivity index is 1.98. The summed E-state index contributed by atoms with van der Waals surface area (Å²) in [7, 11) is 0. The van der Waals surface area contributed by atoms with Gasteiger partial charge in [-0.05, 0) is 24.1 Å². The van der Waals surface area contributed by atoms with Gasteiger partial charge in [-0.15, -0.1) is 0 Å². The molecule has 90 valence electrons. The second-order valence-electron chi connectivity index (χ2n) is 4.55.